The summed E-state index contributed by atoms with van der Waals surface area (Å²) in [6.07, 6.45) is 1.76. The number of hydrogen-bond acceptors (Lipinski definition) is 4. The summed E-state index contributed by atoms with van der Waals surface area (Å²) in [6.45, 7) is 0.412. The largest absolute Gasteiger partial charge is 0.459 e. The molecule has 3 heterocycles. The van der Waals surface area contributed by atoms with Crippen LogP contribution in [0.3, 0.4) is 0 Å². The zero-order chi connectivity index (χ0) is 18.8. The average molecular weight is 400 g/mol. The van der Waals surface area contributed by atoms with Gasteiger partial charge in [0.2, 0.25) is 0 Å². The number of aliphatic hydroxyl groups is 1. The summed E-state index contributed by atoms with van der Waals surface area (Å²) in [5.74, 6) is 1.51. The molecule has 5 nitrogen and oxygen atoms in total. The molecule has 1 aliphatic heterocycles. The normalized spacial score (nSPS) is 19.3. The fraction of sp³-hybridized carbons (Fsp3) is 0.200. The highest BCUT2D eigenvalue weighted by Crippen LogP contribution is 2.40. The topological polar surface area (TPSA) is 61.5 Å². The SMILES string of the molecule is OCCN1C(=S)N[C@@H](c2ccccn2)[C@@H]1c1ccc(-c2ccc(Cl)cc2)o1. The van der Waals surface area contributed by atoms with Crippen molar-refractivity contribution in [1.82, 2.24) is 15.2 Å². The van der Waals surface area contributed by atoms with Gasteiger partial charge in [0.15, 0.2) is 5.11 Å². The first-order valence-corrected chi connectivity index (χ1v) is 9.40. The Morgan fingerprint density at radius 3 is 2.67 bits per heavy atom. The summed E-state index contributed by atoms with van der Waals surface area (Å²) in [5, 5.41) is 14.1. The highest BCUT2D eigenvalue weighted by Gasteiger charge is 2.41. The van der Waals surface area contributed by atoms with E-state index in [9.17, 15) is 5.11 Å². The van der Waals surface area contributed by atoms with Crippen molar-refractivity contribution in [2.75, 3.05) is 13.2 Å². The van der Waals surface area contributed by atoms with E-state index >= 15 is 0 Å². The number of furan rings is 1. The van der Waals surface area contributed by atoms with Gasteiger partial charge in [0.25, 0.3) is 0 Å². The van der Waals surface area contributed by atoms with Crippen LogP contribution in [0.1, 0.15) is 23.5 Å². The lowest BCUT2D eigenvalue weighted by Gasteiger charge is -2.25. The van der Waals surface area contributed by atoms with Gasteiger partial charge in [0, 0.05) is 23.3 Å². The van der Waals surface area contributed by atoms with Crippen LogP contribution in [0.15, 0.2) is 65.2 Å². The van der Waals surface area contributed by atoms with Crippen molar-refractivity contribution < 1.29 is 9.52 Å². The highest BCUT2D eigenvalue weighted by atomic mass is 35.5. The third-order valence-corrected chi connectivity index (χ3v) is 5.19. The van der Waals surface area contributed by atoms with Crippen LogP contribution in [-0.4, -0.2) is 33.3 Å². The lowest BCUT2D eigenvalue weighted by Crippen LogP contribution is -2.32. The molecule has 1 aromatic carbocycles. The van der Waals surface area contributed by atoms with E-state index in [1.165, 1.54) is 0 Å². The average Bonchev–Trinajstić information content (AvgIpc) is 3.29. The van der Waals surface area contributed by atoms with E-state index in [4.69, 9.17) is 28.2 Å². The standard InChI is InChI=1S/C20H18ClN3O2S/c21-14-6-4-13(5-7-14)16-8-9-17(26-16)19-18(15-3-1-2-10-22-15)23-20(27)24(19)11-12-25/h1-10,18-19,25H,11-12H2,(H,23,27)/t18-,19-/m0/s1. The maximum absolute atomic E-state index is 9.49. The van der Waals surface area contributed by atoms with E-state index < -0.39 is 0 Å². The van der Waals surface area contributed by atoms with Crippen molar-refractivity contribution >= 4 is 28.9 Å². The first-order valence-electron chi connectivity index (χ1n) is 8.62. The molecule has 0 unspecified atom stereocenters. The lowest BCUT2D eigenvalue weighted by molar-refractivity contribution is 0.209. The Morgan fingerprint density at radius 2 is 1.96 bits per heavy atom. The van der Waals surface area contributed by atoms with E-state index in [1.807, 2.05) is 59.5 Å². The summed E-state index contributed by atoms with van der Waals surface area (Å²) in [5.41, 5.74) is 1.82. The number of hydrogen-bond donors (Lipinski definition) is 2. The quantitative estimate of drug-likeness (QED) is 0.633. The van der Waals surface area contributed by atoms with Crippen molar-refractivity contribution in [2.45, 2.75) is 12.1 Å². The highest BCUT2D eigenvalue weighted by molar-refractivity contribution is 7.80. The molecule has 2 atom stereocenters. The molecule has 1 saturated heterocycles. The number of thiocarbonyl (C=S) groups is 1. The van der Waals surface area contributed by atoms with Crippen molar-refractivity contribution in [3.63, 3.8) is 0 Å². The summed E-state index contributed by atoms with van der Waals surface area (Å²) in [4.78, 5) is 6.42. The van der Waals surface area contributed by atoms with Crippen molar-refractivity contribution in [3.8, 4) is 11.3 Å². The maximum atomic E-state index is 9.49. The molecule has 0 bridgehead atoms. The minimum atomic E-state index is -0.194. The number of pyridine rings is 1. The van der Waals surface area contributed by atoms with Gasteiger partial charge in [0.1, 0.15) is 17.6 Å². The van der Waals surface area contributed by atoms with Crippen LogP contribution in [0.25, 0.3) is 11.3 Å². The minimum absolute atomic E-state index is 0.00198. The predicted octanol–water partition coefficient (Wildman–Crippen LogP) is 3.96. The summed E-state index contributed by atoms with van der Waals surface area (Å²) >= 11 is 11.5. The van der Waals surface area contributed by atoms with Crippen LogP contribution in [0.4, 0.5) is 0 Å². The zero-order valence-corrected chi connectivity index (χ0v) is 16.0. The summed E-state index contributed by atoms with van der Waals surface area (Å²) in [7, 11) is 0. The predicted molar refractivity (Wildman–Crippen MR) is 108 cm³/mol. The van der Waals surface area contributed by atoms with Gasteiger partial charge in [-0.05, 0) is 60.7 Å². The molecule has 1 fully saturated rings. The molecule has 4 rings (SSSR count). The van der Waals surface area contributed by atoms with Gasteiger partial charge in [-0.2, -0.15) is 0 Å². The van der Waals surface area contributed by atoms with Crippen LogP contribution in [-0.2, 0) is 0 Å². The third-order valence-electron chi connectivity index (χ3n) is 4.59. The van der Waals surface area contributed by atoms with Gasteiger partial charge >= 0.3 is 0 Å². The van der Waals surface area contributed by atoms with Crippen LogP contribution in [0, 0.1) is 0 Å². The van der Waals surface area contributed by atoms with E-state index in [0.717, 1.165) is 22.8 Å². The van der Waals surface area contributed by atoms with Gasteiger partial charge in [-0.15, -0.1) is 0 Å². The zero-order valence-electron chi connectivity index (χ0n) is 14.4. The number of nitrogens with one attached hydrogen (secondary N) is 1. The number of aromatic nitrogens is 1. The third kappa shape index (κ3) is 3.56. The number of β-amino-alcohol motifs (C(OH)–C–C–N with tert-alkyl or cyclic N) is 1. The van der Waals surface area contributed by atoms with Gasteiger partial charge in [-0.1, -0.05) is 17.7 Å². The molecule has 7 heteroatoms. The molecule has 2 N–H and O–H groups in total. The fourth-order valence-electron chi connectivity index (χ4n) is 3.34. The summed E-state index contributed by atoms with van der Waals surface area (Å²) in [6, 6.07) is 16.8. The number of aliphatic hydroxyl groups excluding tert-OH is 1. The van der Waals surface area contributed by atoms with Crippen LogP contribution in [0.2, 0.25) is 5.02 Å². The minimum Gasteiger partial charge on any atom is -0.459 e. The molecule has 0 spiro atoms. The molecule has 138 valence electrons. The second-order valence-corrected chi connectivity index (χ2v) is 7.08. The number of nitrogens with zero attached hydrogens (tertiary/aromatic N) is 2. The van der Waals surface area contributed by atoms with Crippen molar-refractivity contribution in [2.24, 2.45) is 0 Å². The Kier molecular flexibility index (Phi) is 5.11. The molecule has 0 radical (unpaired) electrons. The molecule has 0 amide bonds. The fourth-order valence-corrected chi connectivity index (χ4v) is 3.80. The smallest absolute Gasteiger partial charge is 0.170 e. The van der Waals surface area contributed by atoms with Crippen LogP contribution >= 0.6 is 23.8 Å². The molecular formula is C20H18ClN3O2S. The van der Waals surface area contributed by atoms with E-state index in [0.29, 0.717) is 16.7 Å². The molecule has 2 aromatic heterocycles. The second kappa shape index (κ2) is 7.68. The number of halogens is 1. The van der Waals surface area contributed by atoms with E-state index in [2.05, 4.69) is 10.3 Å². The second-order valence-electron chi connectivity index (χ2n) is 6.25. The van der Waals surface area contributed by atoms with Crippen molar-refractivity contribution in [3.05, 3.63) is 77.3 Å². The molecule has 1 aliphatic rings. The first kappa shape index (κ1) is 18.0. The molecule has 27 heavy (non-hydrogen) atoms. The Hall–Kier alpha value is -2.41. The molecule has 0 saturated carbocycles. The Morgan fingerprint density at radius 1 is 1.15 bits per heavy atom. The molecule has 0 aliphatic carbocycles. The van der Waals surface area contributed by atoms with E-state index in [-0.39, 0.29) is 18.7 Å². The summed E-state index contributed by atoms with van der Waals surface area (Å²) < 4.78 is 6.18. The Bertz CT molecular complexity index is 930. The monoisotopic (exact) mass is 399 g/mol. The first-order chi connectivity index (χ1) is 13.2. The van der Waals surface area contributed by atoms with Gasteiger partial charge in [-0.3, -0.25) is 4.98 Å². The number of benzene rings is 1. The van der Waals surface area contributed by atoms with Gasteiger partial charge < -0.3 is 19.7 Å². The Balaban J connectivity index is 1.71. The van der Waals surface area contributed by atoms with Crippen molar-refractivity contribution in [1.29, 1.82) is 0 Å². The van der Waals surface area contributed by atoms with Gasteiger partial charge in [-0.25, -0.2) is 0 Å². The van der Waals surface area contributed by atoms with Crippen LogP contribution in [0.5, 0.6) is 0 Å². The Labute approximate surface area is 167 Å². The molecule has 3 aromatic rings. The van der Waals surface area contributed by atoms with E-state index in [1.54, 1.807) is 6.20 Å². The molecular weight excluding hydrogens is 382 g/mol. The maximum Gasteiger partial charge on any atom is 0.170 e. The number of rotatable bonds is 5. The lowest BCUT2D eigenvalue weighted by atomic mass is 10.0. The van der Waals surface area contributed by atoms with Crippen LogP contribution < -0.4 is 5.32 Å². The van der Waals surface area contributed by atoms with Gasteiger partial charge in [0.05, 0.1) is 18.3 Å².